The van der Waals surface area contributed by atoms with Gasteiger partial charge in [-0.05, 0) is 0 Å². The predicted molar refractivity (Wildman–Crippen MR) is 32.3 cm³/mol. The summed E-state index contributed by atoms with van der Waals surface area (Å²) in [4.78, 5) is 20.8. The van der Waals surface area contributed by atoms with Gasteiger partial charge in [0.2, 0.25) is 5.91 Å². The van der Waals surface area contributed by atoms with Gasteiger partial charge in [-0.15, -0.1) is 0 Å². The molecule has 0 saturated heterocycles. The molecule has 5 heteroatoms. The number of carboxylic acids is 1. The van der Waals surface area contributed by atoms with Crippen molar-refractivity contribution < 1.29 is 19.8 Å². The van der Waals surface area contributed by atoms with Gasteiger partial charge in [-0.25, -0.2) is 4.79 Å². The van der Waals surface area contributed by atoms with Crippen LogP contribution < -0.4 is 5.32 Å². The molecule has 3 N–H and O–H groups in total. The van der Waals surface area contributed by atoms with E-state index in [1.165, 1.54) is 6.92 Å². The molecule has 10 heavy (non-hydrogen) atoms. The van der Waals surface area contributed by atoms with E-state index in [4.69, 9.17) is 6.54 Å². The monoisotopic (exact) mass is 148 g/mol. The van der Waals surface area contributed by atoms with Crippen LogP contribution in [0, 0.1) is 0 Å². The summed E-state index contributed by atoms with van der Waals surface area (Å²) < 4.78 is 6.17. The zero-order chi connectivity index (χ0) is 8.85. The summed E-state index contributed by atoms with van der Waals surface area (Å²) in [5.74, 6) is -1.45. The number of carboxylic acid groups (broad SMARTS) is 1. The molecule has 5 nitrogen and oxygen atoms in total. The number of hydrogen-bond acceptors (Lipinski definition) is 4. The summed E-state index contributed by atoms with van der Waals surface area (Å²) in [7, 11) is 0. The van der Waals surface area contributed by atoms with Crippen LogP contribution in [0.3, 0.4) is 0 Å². The second kappa shape index (κ2) is 3.84. The second-order valence-electron chi connectivity index (χ2n) is 1.75. The van der Waals surface area contributed by atoms with E-state index < -0.39 is 24.5 Å². The van der Waals surface area contributed by atoms with Gasteiger partial charge in [0.1, 0.15) is 6.04 Å². The molecular weight excluding hydrogens is 138 g/mol. The predicted octanol–water partition coefficient (Wildman–Crippen LogP) is -1.43. The smallest absolute Gasteiger partial charge is 0.328 e. The van der Waals surface area contributed by atoms with Crippen LogP contribution in [0.1, 0.15) is 6.92 Å². The van der Waals surface area contributed by atoms with Crippen molar-refractivity contribution in [1.82, 2.24) is 5.32 Å². The maximum Gasteiger partial charge on any atom is 0.328 e. The summed E-state index contributed by atoms with van der Waals surface area (Å²) in [6.07, 6.45) is 0. The van der Waals surface area contributed by atoms with Crippen LogP contribution in [-0.2, 0) is 9.59 Å². The van der Waals surface area contributed by atoms with Crippen LogP contribution in [0.15, 0.2) is 0 Å². The average Bonchev–Trinajstić information content (AvgIpc) is 1.98. The highest BCUT2D eigenvalue weighted by atomic mass is 16.4. The quantitative estimate of drug-likeness (QED) is 0.458. The average molecular weight is 148 g/mol. The minimum absolute atomic E-state index is 0.463. The maximum absolute atomic E-state index is 10.5. The van der Waals surface area contributed by atoms with E-state index in [-0.39, 0.29) is 0 Å². The van der Waals surface area contributed by atoms with Crippen molar-refractivity contribution >= 4 is 11.9 Å². The van der Waals surface area contributed by atoms with E-state index in [1.807, 2.05) is 0 Å². The van der Waals surface area contributed by atoms with E-state index in [2.05, 4.69) is 10.4 Å². The first-order valence-electron chi connectivity index (χ1n) is 3.07. The normalized spacial score (nSPS) is 13.2. The molecule has 0 radical (unpaired) electrons. The molecule has 0 saturated carbocycles. The third-order valence-corrected chi connectivity index (χ3v) is 0.845. The molecule has 0 fully saturated rings. The molecule has 0 heterocycles. The molecule has 0 aliphatic heterocycles. The molecule has 0 aliphatic carbocycles. The van der Waals surface area contributed by atoms with E-state index in [9.17, 15) is 9.59 Å². The zero-order valence-electron chi connectivity index (χ0n) is 6.46. The summed E-state index contributed by atoms with van der Waals surface area (Å²) in [6.45, 7) is 0.622. The lowest BCUT2D eigenvalue weighted by molar-refractivity contribution is -0.142. The Morgan fingerprint density at radius 3 is 2.70 bits per heavy atom. The number of aliphatic carboxylic acids is 1. The van der Waals surface area contributed by atoms with Crippen molar-refractivity contribution in [1.29, 1.82) is 1.43 Å². The third-order valence-electron chi connectivity index (χ3n) is 0.845. The highest BCUT2D eigenvalue weighted by Gasteiger charge is 2.15. The van der Waals surface area contributed by atoms with Gasteiger partial charge >= 0.3 is 5.97 Å². The number of carbonyl (C=O) groups is 2. The Hall–Kier alpha value is -1.10. The standard InChI is InChI=1S/C5H9NO4/c1-3(8)6-4(2-7)5(9)10/h4,7H,2H2,1H3,(H,6,8)(H,9,10)/t4-/m0/s1/i/hD. The van der Waals surface area contributed by atoms with Gasteiger partial charge in [-0.1, -0.05) is 0 Å². The van der Waals surface area contributed by atoms with Gasteiger partial charge in [0, 0.05) is 6.92 Å². The van der Waals surface area contributed by atoms with Crippen LogP contribution in [-0.4, -0.2) is 34.7 Å². The van der Waals surface area contributed by atoms with Crippen molar-refractivity contribution in [3.8, 4) is 0 Å². The maximum atomic E-state index is 10.5. The van der Waals surface area contributed by atoms with Crippen LogP contribution >= 0.6 is 0 Å². The Labute approximate surface area is 59.2 Å². The Kier molecular flexibility index (Phi) is 2.69. The minimum atomic E-state index is -1.13. The van der Waals surface area contributed by atoms with Gasteiger partial charge in [-0.3, -0.25) is 4.79 Å². The number of nitrogens with one attached hydrogen (secondary N) is 1. The molecular formula is C5H9NO4. The Bertz CT molecular complexity index is 161. The van der Waals surface area contributed by atoms with E-state index in [1.54, 1.807) is 0 Å². The van der Waals surface area contributed by atoms with Crippen molar-refractivity contribution in [3.05, 3.63) is 0 Å². The Balaban J connectivity index is 3.94. The van der Waals surface area contributed by atoms with Crippen LogP contribution in [0.25, 0.3) is 1.43 Å². The fraction of sp³-hybridized carbons (Fsp3) is 0.600. The van der Waals surface area contributed by atoms with Gasteiger partial charge in [0.25, 0.3) is 1.43 Å². The highest BCUT2D eigenvalue weighted by molar-refractivity contribution is 5.82. The number of aliphatic hydroxyl groups is 1. The van der Waals surface area contributed by atoms with Crippen molar-refractivity contribution in [2.75, 3.05) is 6.61 Å². The summed E-state index contributed by atoms with van der Waals surface area (Å²) in [6, 6.07) is -1.13. The molecule has 0 aromatic heterocycles. The van der Waals surface area contributed by atoms with E-state index in [0.717, 1.165) is 0 Å². The molecule has 0 unspecified atom stereocenters. The molecule has 0 aliphatic rings. The summed E-state index contributed by atoms with van der Waals surface area (Å²) in [5, 5.41) is 14.1. The summed E-state index contributed by atoms with van der Waals surface area (Å²) >= 11 is 0. The van der Waals surface area contributed by atoms with Gasteiger partial charge in [0.15, 0.2) is 0 Å². The topological polar surface area (TPSA) is 86.6 Å². The number of aliphatic hydroxyl groups excluding tert-OH is 1. The van der Waals surface area contributed by atoms with Crippen LogP contribution in [0.5, 0.6) is 0 Å². The van der Waals surface area contributed by atoms with Crippen molar-refractivity contribution in [3.63, 3.8) is 0 Å². The van der Waals surface area contributed by atoms with E-state index >= 15 is 0 Å². The van der Waals surface area contributed by atoms with E-state index in [0.29, 0.717) is 0 Å². The lowest BCUT2D eigenvalue weighted by atomic mass is 10.3. The third kappa shape index (κ3) is 3.03. The molecule has 0 aromatic rings. The minimum Gasteiger partial charge on any atom is -0.480 e. The number of rotatable bonds is 3. The second-order valence-corrected chi connectivity index (χ2v) is 1.75. The van der Waals surface area contributed by atoms with Crippen molar-refractivity contribution in [2.24, 2.45) is 0 Å². The van der Waals surface area contributed by atoms with Gasteiger partial charge < -0.3 is 15.5 Å². The van der Waals surface area contributed by atoms with Crippen LogP contribution in [0.2, 0.25) is 0 Å². The molecule has 0 aromatic carbocycles. The number of carbonyl (C=O) groups excluding carboxylic acids is 1. The molecule has 58 valence electrons. The Morgan fingerprint density at radius 2 is 2.40 bits per heavy atom. The SMILES string of the molecule is [2H]OC(=O)[C@H](CO)NC(C)=O. The zero-order valence-corrected chi connectivity index (χ0v) is 5.46. The van der Waals surface area contributed by atoms with Crippen LogP contribution in [0.4, 0.5) is 0 Å². The van der Waals surface area contributed by atoms with Gasteiger partial charge in [-0.2, -0.15) is 0 Å². The first-order chi connectivity index (χ1) is 5.11. The lowest BCUT2D eigenvalue weighted by Crippen LogP contribution is -2.42. The lowest BCUT2D eigenvalue weighted by Gasteiger charge is -2.08. The largest absolute Gasteiger partial charge is 0.480 e. The molecule has 1 atom stereocenters. The molecule has 0 spiro atoms. The first-order valence-corrected chi connectivity index (χ1v) is 2.66. The first kappa shape index (κ1) is 7.01. The number of hydrogen-bond donors (Lipinski definition) is 3. The van der Waals surface area contributed by atoms with Gasteiger partial charge in [0.05, 0.1) is 6.61 Å². The fourth-order valence-corrected chi connectivity index (χ4v) is 0.424. The Morgan fingerprint density at radius 1 is 1.80 bits per heavy atom. The fourth-order valence-electron chi connectivity index (χ4n) is 0.424. The van der Waals surface area contributed by atoms with Crippen molar-refractivity contribution in [2.45, 2.75) is 13.0 Å². The summed E-state index contributed by atoms with van der Waals surface area (Å²) in [5.41, 5.74) is 0. The molecule has 0 bridgehead atoms. The molecule has 1 amide bonds. The highest BCUT2D eigenvalue weighted by Crippen LogP contribution is 1.80. The number of amides is 1. The molecule has 0 rings (SSSR count).